The van der Waals surface area contributed by atoms with Gasteiger partial charge in [0.1, 0.15) is 11.6 Å². The van der Waals surface area contributed by atoms with Crippen molar-refractivity contribution >= 4 is 24.8 Å². The first-order valence-electron chi connectivity index (χ1n) is 8.44. The normalized spacial score (nSPS) is 20.2. The molecule has 2 aliphatic rings. The van der Waals surface area contributed by atoms with Crippen LogP contribution >= 0.6 is 24.8 Å². The zero-order chi connectivity index (χ0) is 17.2. The van der Waals surface area contributed by atoms with E-state index in [0.29, 0.717) is 5.56 Å². The van der Waals surface area contributed by atoms with E-state index < -0.39 is 12.2 Å². The molecule has 3 nitrogen and oxygen atoms in total. The predicted octanol–water partition coefficient (Wildman–Crippen LogP) is 4.70. The summed E-state index contributed by atoms with van der Waals surface area (Å²) in [4.78, 5) is 2.20. The van der Waals surface area contributed by atoms with E-state index in [2.05, 4.69) is 15.0 Å². The Morgan fingerprint density at radius 1 is 1.08 bits per heavy atom. The van der Waals surface area contributed by atoms with Crippen molar-refractivity contribution in [3.8, 4) is 5.75 Å². The third-order valence-electron chi connectivity index (χ3n) is 4.91. The molecule has 0 unspecified atom stereocenters. The third-order valence-corrected chi connectivity index (χ3v) is 4.91. The fourth-order valence-corrected chi connectivity index (χ4v) is 3.93. The van der Waals surface area contributed by atoms with Crippen LogP contribution in [0.3, 0.4) is 0 Å². The average Bonchev–Trinajstić information content (AvgIpc) is 3.04. The Kier molecular flexibility index (Phi) is 8.93. The van der Waals surface area contributed by atoms with Crippen molar-refractivity contribution in [3.63, 3.8) is 0 Å². The Bertz CT molecular complexity index is 562. The minimum Gasteiger partial charge on any atom is -0.406 e. The molecule has 0 radical (unpaired) electrons. The van der Waals surface area contributed by atoms with E-state index in [1.54, 1.807) is 0 Å². The van der Waals surface area contributed by atoms with Crippen molar-refractivity contribution in [2.75, 3.05) is 26.2 Å². The maximum atomic E-state index is 14.5. The van der Waals surface area contributed by atoms with Gasteiger partial charge in [0, 0.05) is 37.8 Å². The first kappa shape index (κ1) is 23.3. The summed E-state index contributed by atoms with van der Waals surface area (Å²) in [5.74, 6) is -0.532. The standard InChI is InChI=1S/C17H22F4N2O.2ClH/c18-15-6-5-13(24-17(19,20)21)11-14(15)16(12-3-1-2-4-12)23-9-7-22-8-10-23;;/h5-6,11-12,16,22H,1-4,7-10H2;2*1H/t16-;;/m0../s1. The van der Waals surface area contributed by atoms with Crippen LogP contribution < -0.4 is 10.1 Å². The number of rotatable bonds is 4. The Balaban J connectivity index is 0.00000169. The van der Waals surface area contributed by atoms with Crippen LogP contribution in [0, 0.1) is 11.7 Å². The van der Waals surface area contributed by atoms with Gasteiger partial charge in [0.05, 0.1) is 0 Å². The maximum absolute atomic E-state index is 14.5. The van der Waals surface area contributed by atoms with Crippen LogP contribution in [-0.2, 0) is 0 Å². The van der Waals surface area contributed by atoms with Crippen molar-refractivity contribution in [1.29, 1.82) is 0 Å². The molecular weight excluding hydrogens is 395 g/mol. The van der Waals surface area contributed by atoms with Gasteiger partial charge in [0.15, 0.2) is 0 Å². The van der Waals surface area contributed by atoms with Gasteiger partial charge in [-0.3, -0.25) is 4.90 Å². The number of hydrogen-bond donors (Lipinski definition) is 1. The van der Waals surface area contributed by atoms with Gasteiger partial charge in [-0.05, 0) is 37.0 Å². The molecule has 1 aromatic rings. The lowest BCUT2D eigenvalue weighted by Crippen LogP contribution is -2.46. The van der Waals surface area contributed by atoms with Crippen LogP contribution in [0.15, 0.2) is 18.2 Å². The molecule has 1 atom stereocenters. The van der Waals surface area contributed by atoms with E-state index >= 15 is 0 Å². The highest BCUT2D eigenvalue weighted by molar-refractivity contribution is 5.85. The molecule has 1 saturated carbocycles. The van der Waals surface area contributed by atoms with Gasteiger partial charge in [-0.2, -0.15) is 0 Å². The summed E-state index contributed by atoms with van der Waals surface area (Å²) in [6.45, 7) is 3.16. The second kappa shape index (κ2) is 9.97. The first-order valence-corrected chi connectivity index (χ1v) is 8.44. The number of ether oxygens (including phenoxy) is 1. The zero-order valence-corrected chi connectivity index (χ0v) is 15.9. The lowest BCUT2D eigenvalue weighted by molar-refractivity contribution is -0.274. The van der Waals surface area contributed by atoms with Gasteiger partial charge < -0.3 is 10.1 Å². The number of nitrogens with zero attached hydrogens (tertiary/aromatic N) is 1. The molecule has 26 heavy (non-hydrogen) atoms. The molecule has 2 fully saturated rings. The quantitative estimate of drug-likeness (QED) is 0.716. The predicted molar refractivity (Wildman–Crippen MR) is 96.7 cm³/mol. The van der Waals surface area contributed by atoms with Crippen LogP contribution in [0.1, 0.15) is 37.3 Å². The Hall–Kier alpha value is -0.760. The highest BCUT2D eigenvalue weighted by atomic mass is 35.5. The highest BCUT2D eigenvalue weighted by Gasteiger charge is 2.35. The zero-order valence-electron chi connectivity index (χ0n) is 14.2. The van der Waals surface area contributed by atoms with E-state index in [1.165, 1.54) is 6.07 Å². The molecule has 1 heterocycles. The number of nitrogens with one attached hydrogen (secondary N) is 1. The number of hydrogen-bond acceptors (Lipinski definition) is 3. The van der Waals surface area contributed by atoms with Crippen LogP contribution in [0.4, 0.5) is 17.6 Å². The molecule has 9 heteroatoms. The molecule has 1 aromatic carbocycles. The number of piperazine rings is 1. The van der Waals surface area contributed by atoms with E-state index in [-0.39, 0.29) is 42.5 Å². The summed E-state index contributed by atoms with van der Waals surface area (Å²) in [7, 11) is 0. The largest absolute Gasteiger partial charge is 0.573 e. The molecule has 1 saturated heterocycles. The third kappa shape index (κ3) is 5.87. The van der Waals surface area contributed by atoms with Gasteiger partial charge in [0.25, 0.3) is 0 Å². The number of halogens is 6. The molecular formula is C17H24Cl2F4N2O. The van der Waals surface area contributed by atoms with Crippen LogP contribution in [0.5, 0.6) is 5.75 Å². The number of alkyl halides is 3. The summed E-state index contributed by atoms with van der Waals surface area (Å²) < 4.78 is 56.0. The molecule has 1 aliphatic heterocycles. The Labute approximate surface area is 163 Å². The van der Waals surface area contributed by atoms with Gasteiger partial charge in [0.2, 0.25) is 0 Å². The SMILES string of the molecule is Cl.Cl.Fc1ccc(OC(F)(F)F)cc1[C@H](C1CCCC1)N1CCNCC1. The fraction of sp³-hybridized carbons (Fsp3) is 0.647. The molecule has 0 amide bonds. The molecule has 150 valence electrons. The minimum atomic E-state index is -4.77. The van der Waals surface area contributed by atoms with Gasteiger partial charge in [-0.25, -0.2) is 4.39 Å². The summed E-state index contributed by atoms with van der Waals surface area (Å²) >= 11 is 0. The molecule has 1 N–H and O–H groups in total. The minimum absolute atomic E-state index is 0. The van der Waals surface area contributed by atoms with Gasteiger partial charge >= 0.3 is 6.36 Å². The topological polar surface area (TPSA) is 24.5 Å². The summed E-state index contributed by atoms with van der Waals surface area (Å²) in [6, 6.07) is 3.16. The lowest BCUT2D eigenvalue weighted by atomic mass is 9.89. The second-order valence-electron chi connectivity index (χ2n) is 6.51. The van der Waals surface area contributed by atoms with E-state index in [1.807, 2.05) is 0 Å². The van der Waals surface area contributed by atoms with Crippen molar-refractivity contribution in [2.24, 2.45) is 5.92 Å². The fourth-order valence-electron chi connectivity index (χ4n) is 3.93. The molecule has 0 aromatic heterocycles. The van der Waals surface area contributed by atoms with E-state index in [9.17, 15) is 17.6 Å². The molecule has 1 aliphatic carbocycles. The molecule has 3 rings (SSSR count). The summed E-state index contributed by atoms with van der Waals surface area (Å²) in [5.41, 5.74) is 0.325. The van der Waals surface area contributed by atoms with Crippen molar-refractivity contribution < 1.29 is 22.3 Å². The van der Waals surface area contributed by atoms with E-state index in [0.717, 1.165) is 64.0 Å². The van der Waals surface area contributed by atoms with Crippen LogP contribution in [0.25, 0.3) is 0 Å². The first-order chi connectivity index (χ1) is 11.4. The average molecular weight is 419 g/mol. The summed E-state index contributed by atoms with van der Waals surface area (Å²) in [6.07, 6.45) is -0.620. The van der Waals surface area contributed by atoms with Gasteiger partial charge in [-0.15, -0.1) is 38.0 Å². The van der Waals surface area contributed by atoms with Crippen molar-refractivity contribution in [3.05, 3.63) is 29.6 Å². The van der Waals surface area contributed by atoms with Crippen LogP contribution in [0.2, 0.25) is 0 Å². The molecule has 0 bridgehead atoms. The maximum Gasteiger partial charge on any atom is 0.573 e. The lowest BCUT2D eigenvalue weighted by Gasteiger charge is -2.38. The molecule has 0 spiro atoms. The smallest absolute Gasteiger partial charge is 0.406 e. The van der Waals surface area contributed by atoms with Gasteiger partial charge in [-0.1, -0.05) is 12.8 Å². The highest BCUT2D eigenvalue weighted by Crippen LogP contribution is 2.41. The van der Waals surface area contributed by atoms with E-state index in [4.69, 9.17) is 0 Å². The Morgan fingerprint density at radius 3 is 2.27 bits per heavy atom. The summed E-state index contributed by atoms with van der Waals surface area (Å²) in [5, 5.41) is 3.26. The van der Waals surface area contributed by atoms with Crippen molar-refractivity contribution in [1.82, 2.24) is 10.2 Å². The Morgan fingerprint density at radius 2 is 1.69 bits per heavy atom. The monoisotopic (exact) mass is 418 g/mol. The van der Waals surface area contributed by atoms with Crippen molar-refractivity contribution in [2.45, 2.75) is 38.1 Å². The second-order valence-corrected chi connectivity index (χ2v) is 6.51. The van der Waals surface area contributed by atoms with Crippen LogP contribution in [-0.4, -0.2) is 37.4 Å². The number of benzene rings is 1.